The van der Waals surface area contributed by atoms with Gasteiger partial charge < -0.3 is 11.1 Å². The Bertz CT molecular complexity index is 888. The number of anilines is 1. The standard InChI is InChI=1S/C21H19N3O.2ClH/c22-21(17-4-2-1-3-5-17)14-19(21)15-6-8-18(9-7-15)24-20(25)16-10-12-23-13-11-16;;/h1-13,19H,14,22H2,(H,24,25);2*1H. The van der Waals surface area contributed by atoms with Gasteiger partial charge in [0, 0.05) is 35.1 Å². The molecule has 0 bridgehead atoms. The smallest absolute Gasteiger partial charge is 0.255 e. The minimum absolute atomic E-state index is 0. The molecule has 0 saturated heterocycles. The van der Waals surface area contributed by atoms with Gasteiger partial charge in [-0.15, -0.1) is 24.8 Å². The number of aromatic nitrogens is 1. The number of halogens is 2. The molecule has 1 aromatic heterocycles. The number of hydrogen-bond donors (Lipinski definition) is 2. The Kier molecular flexibility index (Phi) is 6.60. The molecule has 3 aromatic rings. The first-order valence-electron chi connectivity index (χ1n) is 8.32. The number of benzene rings is 2. The third-order valence-electron chi connectivity index (χ3n) is 4.83. The van der Waals surface area contributed by atoms with Crippen molar-refractivity contribution in [3.8, 4) is 0 Å². The molecule has 27 heavy (non-hydrogen) atoms. The van der Waals surface area contributed by atoms with Crippen LogP contribution in [0.4, 0.5) is 5.69 Å². The van der Waals surface area contributed by atoms with Crippen molar-refractivity contribution < 1.29 is 4.79 Å². The highest BCUT2D eigenvalue weighted by Gasteiger charge is 2.52. The van der Waals surface area contributed by atoms with Crippen molar-refractivity contribution in [1.29, 1.82) is 0 Å². The third-order valence-corrected chi connectivity index (χ3v) is 4.83. The summed E-state index contributed by atoms with van der Waals surface area (Å²) < 4.78 is 0. The molecule has 2 unspecified atom stereocenters. The number of hydrogen-bond acceptors (Lipinski definition) is 3. The number of nitrogens with one attached hydrogen (secondary N) is 1. The second kappa shape index (κ2) is 8.53. The average molecular weight is 402 g/mol. The molecule has 4 nitrogen and oxygen atoms in total. The Morgan fingerprint density at radius 1 is 0.963 bits per heavy atom. The van der Waals surface area contributed by atoms with Gasteiger partial charge in [0.15, 0.2) is 0 Å². The minimum Gasteiger partial charge on any atom is -0.322 e. The number of nitrogens with two attached hydrogens (primary N) is 1. The Labute approximate surface area is 171 Å². The van der Waals surface area contributed by atoms with Crippen LogP contribution in [-0.2, 0) is 5.54 Å². The van der Waals surface area contributed by atoms with Crippen molar-refractivity contribution in [2.24, 2.45) is 5.73 Å². The van der Waals surface area contributed by atoms with Crippen LogP contribution in [-0.4, -0.2) is 10.9 Å². The lowest BCUT2D eigenvalue weighted by Gasteiger charge is -2.12. The van der Waals surface area contributed by atoms with E-state index in [-0.39, 0.29) is 36.3 Å². The molecule has 1 saturated carbocycles. The van der Waals surface area contributed by atoms with Crippen LogP contribution in [0.5, 0.6) is 0 Å². The molecule has 1 fully saturated rings. The fraction of sp³-hybridized carbons (Fsp3) is 0.143. The van der Waals surface area contributed by atoms with Crippen LogP contribution in [0.25, 0.3) is 0 Å². The molecule has 0 aliphatic heterocycles. The minimum atomic E-state index is -0.275. The van der Waals surface area contributed by atoms with Gasteiger partial charge in [-0.3, -0.25) is 9.78 Å². The number of amides is 1. The first kappa shape index (κ1) is 20.9. The SMILES string of the molecule is Cl.Cl.NC1(c2ccccc2)CC1c1ccc(NC(=O)c2ccncc2)cc1. The Hall–Kier alpha value is -2.40. The summed E-state index contributed by atoms with van der Waals surface area (Å²) >= 11 is 0. The van der Waals surface area contributed by atoms with E-state index in [1.807, 2.05) is 42.5 Å². The van der Waals surface area contributed by atoms with Crippen molar-refractivity contribution in [2.45, 2.75) is 17.9 Å². The van der Waals surface area contributed by atoms with E-state index in [0.717, 1.165) is 12.1 Å². The highest BCUT2D eigenvalue weighted by atomic mass is 35.5. The highest BCUT2D eigenvalue weighted by Crippen LogP contribution is 2.56. The summed E-state index contributed by atoms with van der Waals surface area (Å²) in [5.41, 5.74) is 10.0. The Balaban J connectivity index is 0.00000131. The summed E-state index contributed by atoms with van der Waals surface area (Å²) in [6, 6.07) is 21.6. The predicted molar refractivity (Wildman–Crippen MR) is 113 cm³/mol. The topological polar surface area (TPSA) is 68.0 Å². The molecule has 0 spiro atoms. The Morgan fingerprint density at radius 3 is 2.22 bits per heavy atom. The van der Waals surface area contributed by atoms with Crippen LogP contribution in [0.15, 0.2) is 79.1 Å². The maximum Gasteiger partial charge on any atom is 0.255 e. The normalized spacial score (nSPS) is 20.0. The summed E-state index contributed by atoms with van der Waals surface area (Å²) in [5.74, 6) is 0.180. The zero-order chi connectivity index (χ0) is 17.3. The van der Waals surface area contributed by atoms with Crippen molar-refractivity contribution in [1.82, 2.24) is 4.98 Å². The lowest BCUT2D eigenvalue weighted by Crippen LogP contribution is -2.21. The zero-order valence-electron chi connectivity index (χ0n) is 14.5. The molecule has 1 aliphatic rings. The van der Waals surface area contributed by atoms with E-state index in [0.29, 0.717) is 11.5 Å². The monoisotopic (exact) mass is 401 g/mol. The van der Waals surface area contributed by atoms with Crippen molar-refractivity contribution in [3.05, 3.63) is 95.8 Å². The summed E-state index contributed by atoms with van der Waals surface area (Å²) in [6.45, 7) is 0. The van der Waals surface area contributed by atoms with Crippen LogP contribution in [0.1, 0.15) is 33.8 Å². The molecule has 2 atom stereocenters. The number of pyridine rings is 1. The first-order valence-corrected chi connectivity index (χ1v) is 8.32. The first-order chi connectivity index (χ1) is 12.2. The fourth-order valence-corrected chi connectivity index (χ4v) is 3.27. The second-order valence-corrected chi connectivity index (χ2v) is 6.48. The van der Waals surface area contributed by atoms with E-state index in [2.05, 4.69) is 22.4 Å². The Morgan fingerprint density at radius 2 is 1.59 bits per heavy atom. The number of nitrogens with zero attached hydrogens (tertiary/aromatic N) is 1. The van der Waals surface area contributed by atoms with Crippen molar-refractivity contribution in [2.75, 3.05) is 5.32 Å². The van der Waals surface area contributed by atoms with Gasteiger partial charge in [0.2, 0.25) is 0 Å². The van der Waals surface area contributed by atoms with Gasteiger partial charge in [0.05, 0.1) is 0 Å². The third kappa shape index (κ3) is 4.30. The van der Waals surface area contributed by atoms with Gasteiger partial charge in [-0.25, -0.2) is 0 Å². The quantitative estimate of drug-likeness (QED) is 0.674. The van der Waals surface area contributed by atoms with E-state index < -0.39 is 0 Å². The molecule has 3 N–H and O–H groups in total. The summed E-state index contributed by atoms with van der Waals surface area (Å²) in [7, 11) is 0. The van der Waals surface area contributed by atoms with Crippen molar-refractivity contribution in [3.63, 3.8) is 0 Å². The molecule has 1 aliphatic carbocycles. The molecule has 0 radical (unpaired) electrons. The number of carbonyl (C=O) groups is 1. The fourth-order valence-electron chi connectivity index (χ4n) is 3.27. The maximum absolute atomic E-state index is 12.2. The van der Waals surface area contributed by atoms with E-state index in [1.165, 1.54) is 11.1 Å². The molecule has 140 valence electrons. The zero-order valence-corrected chi connectivity index (χ0v) is 16.2. The van der Waals surface area contributed by atoms with E-state index in [4.69, 9.17) is 5.73 Å². The number of carbonyl (C=O) groups excluding carboxylic acids is 1. The summed E-state index contributed by atoms with van der Waals surface area (Å²) in [4.78, 5) is 16.1. The molecule has 1 heterocycles. The van der Waals surface area contributed by atoms with Gasteiger partial charge in [0.1, 0.15) is 0 Å². The summed E-state index contributed by atoms with van der Waals surface area (Å²) in [5, 5.41) is 2.90. The number of rotatable bonds is 4. The van der Waals surface area contributed by atoms with Crippen LogP contribution in [0, 0.1) is 0 Å². The molecule has 1 amide bonds. The van der Waals surface area contributed by atoms with Crippen LogP contribution < -0.4 is 11.1 Å². The van der Waals surface area contributed by atoms with Gasteiger partial charge in [-0.05, 0) is 41.8 Å². The largest absolute Gasteiger partial charge is 0.322 e. The molecule has 6 heteroatoms. The molecular weight excluding hydrogens is 381 g/mol. The van der Waals surface area contributed by atoms with Crippen LogP contribution >= 0.6 is 24.8 Å². The highest BCUT2D eigenvalue weighted by molar-refractivity contribution is 6.04. The van der Waals surface area contributed by atoms with E-state index in [9.17, 15) is 4.79 Å². The van der Waals surface area contributed by atoms with Gasteiger partial charge in [-0.2, -0.15) is 0 Å². The van der Waals surface area contributed by atoms with E-state index in [1.54, 1.807) is 24.5 Å². The van der Waals surface area contributed by atoms with Gasteiger partial charge in [0.25, 0.3) is 5.91 Å². The maximum atomic E-state index is 12.2. The lowest BCUT2D eigenvalue weighted by atomic mass is 9.99. The van der Waals surface area contributed by atoms with Crippen molar-refractivity contribution >= 4 is 36.4 Å². The van der Waals surface area contributed by atoms with E-state index >= 15 is 0 Å². The summed E-state index contributed by atoms with van der Waals surface area (Å²) in [6.07, 6.45) is 4.16. The molecule has 2 aromatic carbocycles. The van der Waals surface area contributed by atoms with Crippen LogP contribution in [0.2, 0.25) is 0 Å². The molecule has 4 rings (SSSR count). The molecular formula is C21H21Cl2N3O. The second-order valence-electron chi connectivity index (χ2n) is 6.48. The lowest BCUT2D eigenvalue weighted by molar-refractivity contribution is 0.102. The predicted octanol–water partition coefficient (Wildman–Crippen LogP) is 4.52. The van der Waals surface area contributed by atoms with Gasteiger partial charge in [-0.1, -0.05) is 42.5 Å². The van der Waals surface area contributed by atoms with Gasteiger partial charge >= 0.3 is 0 Å². The average Bonchev–Trinajstić information content (AvgIpc) is 3.37. The van der Waals surface area contributed by atoms with Crippen LogP contribution in [0.3, 0.4) is 0 Å².